The average molecular weight is 501 g/mol. The van der Waals surface area contributed by atoms with Gasteiger partial charge in [-0.2, -0.15) is 11.8 Å². The Morgan fingerprint density at radius 2 is 2.03 bits per heavy atom. The Balaban J connectivity index is 1.35. The number of aliphatic hydroxyl groups excluding tert-OH is 1. The van der Waals surface area contributed by atoms with Crippen LogP contribution in [0.5, 0.6) is 5.75 Å². The maximum absolute atomic E-state index is 12.2. The van der Waals surface area contributed by atoms with E-state index in [0.29, 0.717) is 18.8 Å². The summed E-state index contributed by atoms with van der Waals surface area (Å²) in [7, 11) is 3.12. The van der Waals surface area contributed by atoms with E-state index in [1.54, 1.807) is 13.3 Å². The number of carbonyl (C=O) groups excluding carboxylic acids is 1. The van der Waals surface area contributed by atoms with Gasteiger partial charge in [-0.3, -0.25) is 9.78 Å². The summed E-state index contributed by atoms with van der Waals surface area (Å²) in [6.07, 6.45) is 9.78. The molecule has 1 N–H and O–H groups in total. The third-order valence-electron chi connectivity index (χ3n) is 7.85. The van der Waals surface area contributed by atoms with Gasteiger partial charge in [-0.05, 0) is 80.3 Å². The third-order valence-corrected chi connectivity index (χ3v) is 9.21. The molecule has 1 aliphatic heterocycles. The van der Waals surface area contributed by atoms with E-state index < -0.39 is 6.10 Å². The molecule has 1 unspecified atom stereocenters. The number of nitrogens with zero attached hydrogens (tertiary/aromatic N) is 2. The molecule has 2 aromatic rings. The van der Waals surface area contributed by atoms with Gasteiger partial charge in [-0.25, -0.2) is 0 Å². The van der Waals surface area contributed by atoms with Gasteiger partial charge in [-0.15, -0.1) is 0 Å². The van der Waals surface area contributed by atoms with Gasteiger partial charge in [0.1, 0.15) is 5.75 Å². The number of fused-ring (bicyclic) bond motifs is 1. The van der Waals surface area contributed by atoms with Crippen molar-refractivity contribution in [2.45, 2.75) is 62.7 Å². The van der Waals surface area contributed by atoms with Crippen LogP contribution in [-0.4, -0.2) is 65.8 Å². The lowest BCUT2D eigenvalue weighted by Crippen LogP contribution is -2.42. The van der Waals surface area contributed by atoms with Gasteiger partial charge in [0.15, 0.2) is 0 Å². The molecule has 4 rings (SSSR count). The summed E-state index contributed by atoms with van der Waals surface area (Å²) in [6.45, 7) is 3.11. The van der Waals surface area contributed by atoms with Crippen LogP contribution in [0.25, 0.3) is 10.9 Å². The number of piperidine rings is 1. The molecule has 3 atom stereocenters. The molecule has 1 aliphatic carbocycles. The van der Waals surface area contributed by atoms with Crippen LogP contribution < -0.4 is 4.74 Å². The quantitative estimate of drug-likeness (QED) is 0.423. The monoisotopic (exact) mass is 500 g/mol. The lowest BCUT2D eigenvalue weighted by molar-refractivity contribution is -0.142. The topological polar surface area (TPSA) is 71.9 Å². The molecule has 2 heterocycles. The minimum Gasteiger partial charge on any atom is -0.497 e. The molecule has 0 bridgehead atoms. The smallest absolute Gasteiger partial charge is 0.305 e. The number of rotatable bonds is 11. The summed E-state index contributed by atoms with van der Waals surface area (Å²) in [5.74, 6) is 2.49. The maximum Gasteiger partial charge on any atom is 0.305 e. The van der Waals surface area contributed by atoms with Crippen molar-refractivity contribution in [1.82, 2.24) is 9.88 Å². The molecule has 7 heteroatoms. The fraction of sp³-hybridized carbons (Fsp3) is 0.643. The van der Waals surface area contributed by atoms with E-state index in [9.17, 15) is 9.90 Å². The van der Waals surface area contributed by atoms with Crippen LogP contribution in [0.1, 0.15) is 63.0 Å². The Morgan fingerprint density at radius 3 is 2.80 bits per heavy atom. The summed E-state index contributed by atoms with van der Waals surface area (Å²) in [5.41, 5.74) is 1.74. The molecule has 1 saturated heterocycles. The molecule has 2 fully saturated rings. The van der Waals surface area contributed by atoms with E-state index in [1.807, 2.05) is 24.3 Å². The molecule has 2 aliphatic rings. The third kappa shape index (κ3) is 7.11. The first-order valence-corrected chi connectivity index (χ1v) is 14.1. The SMILES string of the molecule is COC(=O)C[C@H]1CN(CCSC2CCCC2)CC[C@H]1CCC(O)c1ccnc2ccc(OC)cc12. The van der Waals surface area contributed by atoms with Crippen LogP contribution in [-0.2, 0) is 9.53 Å². The van der Waals surface area contributed by atoms with Gasteiger partial charge in [0, 0.05) is 42.1 Å². The number of pyridine rings is 1. The van der Waals surface area contributed by atoms with Gasteiger partial charge in [0.25, 0.3) is 0 Å². The second-order valence-corrected chi connectivity index (χ2v) is 11.5. The van der Waals surface area contributed by atoms with Gasteiger partial charge < -0.3 is 19.5 Å². The van der Waals surface area contributed by atoms with Crippen LogP contribution in [0.3, 0.4) is 0 Å². The number of hydrogen-bond donors (Lipinski definition) is 1. The van der Waals surface area contributed by atoms with Crippen molar-refractivity contribution in [3.8, 4) is 5.75 Å². The lowest BCUT2D eigenvalue weighted by Gasteiger charge is -2.38. The second kappa shape index (κ2) is 12.9. The fourth-order valence-electron chi connectivity index (χ4n) is 5.76. The van der Waals surface area contributed by atoms with Crippen LogP contribution in [0.2, 0.25) is 0 Å². The molecule has 1 aromatic heterocycles. The summed E-state index contributed by atoms with van der Waals surface area (Å²) < 4.78 is 10.4. The number of ether oxygens (including phenoxy) is 2. The standard InChI is InChI=1S/C28H40N2O4S/c1-33-22-8-9-26-25(18-22)24(11-13-29-26)27(31)10-7-20-12-14-30(19-21(20)17-28(32)34-2)15-16-35-23-5-3-4-6-23/h8-9,11,13,18,20-21,23,27,31H,3-7,10,12,14-17,19H2,1-2H3/t20-,21+,27?/m1/s1. The number of esters is 1. The number of methoxy groups -OCH3 is 2. The van der Waals surface area contributed by atoms with E-state index in [1.165, 1.54) is 38.5 Å². The Bertz CT molecular complexity index is 965. The van der Waals surface area contributed by atoms with Crippen LogP contribution in [0.15, 0.2) is 30.5 Å². The van der Waals surface area contributed by atoms with Gasteiger partial charge >= 0.3 is 5.97 Å². The average Bonchev–Trinajstić information content (AvgIpc) is 3.40. The Hall–Kier alpha value is -1.83. The number of aliphatic hydroxyl groups is 1. The van der Waals surface area contributed by atoms with Gasteiger partial charge in [0.2, 0.25) is 0 Å². The van der Waals surface area contributed by atoms with E-state index in [-0.39, 0.29) is 11.9 Å². The molecule has 0 spiro atoms. The predicted octanol–water partition coefficient (Wildman–Crippen LogP) is 5.23. The lowest BCUT2D eigenvalue weighted by atomic mass is 9.79. The van der Waals surface area contributed by atoms with Crippen molar-refractivity contribution in [1.29, 1.82) is 0 Å². The normalized spacial score (nSPS) is 22.4. The van der Waals surface area contributed by atoms with Crippen molar-refractivity contribution in [3.05, 3.63) is 36.0 Å². The molecule has 35 heavy (non-hydrogen) atoms. The number of carbonyl (C=O) groups is 1. The fourth-order valence-corrected chi connectivity index (χ4v) is 7.13. The molecule has 1 aromatic carbocycles. The zero-order chi connectivity index (χ0) is 24.6. The van der Waals surface area contributed by atoms with Crippen molar-refractivity contribution in [2.75, 3.05) is 39.6 Å². The zero-order valence-corrected chi connectivity index (χ0v) is 22.0. The van der Waals surface area contributed by atoms with Crippen LogP contribution in [0, 0.1) is 11.8 Å². The van der Waals surface area contributed by atoms with Crippen LogP contribution in [0.4, 0.5) is 0 Å². The van der Waals surface area contributed by atoms with Crippen molar-refractivity contribution in [3.63, 3.8) is 0 Å². The number of likely N-dealkylation sites (tertiary alicyclic amines) is 1. The summed E-state index contributed by atoms with van der Waals surface area (Å²) in [5, 5.41) is 12.9. The highest BCUT2D eigenvalue weighted by Crippen LogP contribution is 2.35. The Morgan fingerprint density at radius 1 is 1.20 bits per heavy atom. The molecular formula is C28H40N2O4S. The number of hydrogen-bond acceptors (Lipinski definition) is 7. The number of aromatic nitrogens is 1. The van der Waals surface area contributed by atoms with Gasteiger partial charge in [0.05, 0.1) is 25.8 Å². The predicted molar refractivity (Wildman–Crippen MR) is 142 cm³/mol. The first-order valence-electron chi connectivity index (χ1n) is 13.1. The molecule has 1 saturated carbocycles. The van der Waals surface area contributed by atoms with E-state index in [4.69, 9.17) is 9.47 Å². The van der Waals surface area contributed by atoms with E-state index >= 15 is 0 Å². The second-order valence-electron chi connectivity index (χ2n) is 10.0. The highest BCUT2D eigenvalue weighted by molar-refractivity contribution is 7.99. The summed E-state index contributed by atoms with van der Waals surface area (Å²) >= 11 is 2.13. The number of thioether (sulfide) groups is 1. The van der Waals surface area contributed by atoms with Crippen molar-refractivity contribution < 1.29 is 19.4 Å². The first kappa shape index (κ1) is 26.2. The molecule has 6 nitrogen and oxygen atoms in total. The highest BCUT2D eigenvalue weighted by atomic mass is 32.2. The summed E-state index contributed by atoms with van der Waals surface area (Å²) in [4.78, 5) is 19.1. The van der Waals surface area contributed by atoms with Gasteiger partial charge in [-0.1, -0.05) is 12.8 Å². The molecule has 0 amide bonds. The summed E-state index contributed by atoms with van der Waals surface area (Å²) in [6, 6.07) is 7.67. The highest BCUT2D eigenvalue weighted by Gasteiger charge is 2.31. The maximum atomic E-state index is 12.2. The molecular weight excluding hydrogens is 460 g/mol. The van der Waals surface area contributed by atoms with Crippen molar-refractivity contribution in [2.24, 2.45) is 11.8 Å². The minimum atomic E-state index is -0.577. The Kier molecular flexibility index (Phi) is 9.69. The largest absolute Gasteiger partial charge is 0.497 e. The van der Waals surface area contributed by atoms with E-state index in [0.717, 1.165) is 59.9 Å². The zero-order valence-electron chi connectivity index (χ0n) is 21.2. The molecule has 192 valence electrons. The number of benzene rings is 1. The van der Waals surface area contributed by atoms with E-state index in [2.05, 4.69) is 21.6 Å². The molecule has 0 radical (unpaired) electrons. The van der Waals surface area contributed by atoms with Crippen molar-refractivity contribution >= 4 is 28.6 Å². The Labute approximate surface area is 213 Å². The minimum absolute atomic E-state index is 0.130. The first-order chi connectivity index (χ1) is 17.1. The van der Waals surface area contributed by atoms with Crippen LogP contribution >= 0.6 is 11.8 Å².